The molecule has 6 nitrogen and oxygen atoms in total. The molecule has 0 aromatic carbocycles. The summed E-state index contributed by atoms with van der Waals surface area (Å²) in [4.78, 5) is 8.11. The Morgan fingerprint density at radius 1 is 1.44 bits per heavy atom. The highest BCUT2D eigenvalue weighted by Crippen LogP contribution is 2.19. The monoisotopic (exact) mass is 290 g/mol. The first-order valence-corrected chi connectivity index (χ1v) is 8.64. The number of sulfone groups is 1. The van der Waals surface area contributed by atoms with Gasteiger partial charge >= 0.3 is 0 Å². The highest BCUT2D eigenvalue weighted by molar-refractivity contribution is 8.00. The third-order valence-electron chi connectivity index (χ3n) is 1.98. The summed E-state index contributed by atoms with van der Waals surface area (Å²) in [6, 6.07) is 1.78. The van der Waals surface area contributed by atoms with E-state index in [1.807, 2.05) is 0 Å². The van der Waals surface area contributed by atoms with Crippen LogP contribution in [-0.2, 0) is 9.84 Å². The van der Waals surface area contributed by atoms with Gasteiger partial charge in [0, 0.05) is 24.6 Å². The lowest BCUT2D eigenvalue weighted by atomic mass is 10.4. The number of nitrogens with two attached hydrogens (primary N) is 1. The minimum atomic E-state index is -2.94. The lowest BCUT2D eigenvalue weighted by molar-refractivity contribution is 0.603. The second-order valence-electron chi connectivity index (χ2n) is 3.85. The van der Waals surface area contributed by atoms with Gasteiger partial charge in [-0.15, -0.1) is 11.8 Å². The van der Waals surface area contributed by atoms with E-state index < -0.39 is 9.84 Å². The van der Waals surface area contributed by atoms with Gasteiger partial charge in [0.05, 0.1) is 5.75 Å². The average molecular weight is 290 g/mol. The van der Waals surface area contributed by atoms with Gasteiger partial charge in [-0.3, -0.25) is 0 Å². The Hall–Kier alpha value is -1.02. The van der Waals surface area contributed by atoms with E-state index >= 15 is 0 Å². The van der Waals surface area contributed by atoms with E-state index in [1.54, 1.807) is 6.07 Å². The molecular formula is C10H18N4O2S2. The van der Waals surface area contributed by atoms with Gasteiger partial charge in [0.2, 0.25) is 5.95 Å². The molecule has 0 aliphatic rings. The van der Waals surface area contributed by atoms with Crippen molar-refractivity contribution in [3.63, 3.8) is 0 Å². The number of thioether (sulfide) groups is 1. The predicted octanol–water partition coefficient (Wildman–Crippen LogP) is 1.02. The molecule has 0 amide bonds. The smallest absolute Gasteiger partial charge is 0.223 e. The Bertz CT molecular complexity index is 491. The van der Waals surface area contributed by atoms with Gasteiger partial charge in [0.15, 0.2) is 0 Å². The molecule has 0 atom stereocenters. The first kappa shape index (κ1) is 15.0. The minimum Gasteiger partial charge on any atom is -0.370 e. The van der Waals surface area contributed by atoms with Crippen LogP contribution in [0.5, 0.6) is 0 Å². The maximum atomic E-state index is 11.0. The summed E-state index contributed by atoms with van der Waals surface area (Å²) in [6.45, 7) is 2.86. The molecular weight excluding hydrogens is 272 g/mol. The van der Waals surface area contributed by atoms with Crippen molar-refractivity contribution in [3.05, 3.63) is 6.07 Å². The topological polar surface area (TPSA) is 98.0 Å². The molecule has 18 heavy (non-hydrogen) atoms. The molecule has 1 heterocycles. The van der Waals surface area contributed by atoms with Gasteiger partial charge in [-0.2, -0.15) is 4.98 Å². The molecule has 0 fully saturated rings. The molecule has 102 valence electrons. The summed E-state index contributed by atoms with van der Waals surface area (Å²) in [7, 11) is -2.94. The number of rotatable bonds is 7. The summed E-state index contributed by atoms with van der Waals surface area (Å²) in [6.07, 6.45) is 2.20. The number of nitrogen functional groups attached to an aromatic ring is 1. The predicted molar refractivity (Wildman–Crippen MR) is 75.7 cm³/mol. The lowest BCUT2D eigenvalue weighted by Crippen LogP contribution is -2.07. The second kappa shape index (κ2) is 6.79. The summed E-state index contributed by atoms with van der Waals surface area (Å²) in [5, 5.41) is 3.80. The van der Waals surface area contributed by atoms with Crippen molar-refractivity contribution < 1.29 is 8.42 Å². The standard InChI is InChI=1S/C10H18N4O2S2/c1-3-4-12-8-7-9(14-10(11)13-8)17-5-6-18(2,15)16/h7H,3-6H2,1-2H3,(H3,11,12,13,14). The summed E-state index contributed by atoms with van der Waals surface area (Å²) in [5.41, 5.74) is 5.59. The van der Waals surface area contributed by atoms with E-state index in [9.17, 15) is 8.42 Å². The van der Waals surface area contributed by atoms with Gasteiger partial charge in [0.1, 0.15) is 20.7 Å². The van der Waals surface area contributed by atoms with Crippen molar-refractivity contribution in [2.75, 3.05) is 35.4 Å². The van der Waals surface area contributed by atoms with E-state index in [-0.39, 0.29) is 11.7 Å². The molecule has 0 radical (unpaired) electrons. The largest absolute Gasteiger partial charge is 0.370 e. The summed E-state index contributed by atoms with van der Waals surface area (Å²) < 4.78 is 22.0. The van der Waals surface area contributed by atoms with Gasteiger partial charge in [0.25, 0.3) is 0 Å². The first-order valence-electron chi connectivity index (χ1n) is 5.59. The molecule has 1 aromatic heterocycles. The molecule has 0 saturated heterocycles. The fourth-order valence-corrected chi connectivity index (χ4v) is 3.26. The van der Waals surface area contributed by atoms with E-state index in [0.29, 0.717) is 16.6 Å². The third kappa shape index (κ3) is 6.06. The number of nitrogens with zero attached hydrogens (tertiary/aromatic N) is 2. The minimum absolute atomic E-state index is 0.124. The normalized spacial score (nSPS) is 11.4. The molecule has 0 aliphatic heterocycles. The number of nitrogens with one attached hydrogen (secondary N) is 1. The number of anilines is 2. The van der Waals surface area contributed by atoms with Gasteiger partial charge in [-0.1, -0.05) is 6.92 Å². The average Bonchev–Trinajstić information content (AvgIpc) is 2.24. The second-order valence-corrected chi connectivity index (χ2v) is 7.23. The van der Waals surface area contributed by atoms with Crippen LogP contribution >= 0.6 is 11.8 Å². The van der Waals surface area contributed by atoms with Crippen LogP contribution in [0, 0.1) is 0 Å². The van der Waals surface area contributed by atoms with Crippen molar-refractivity contribution in [1.82, 2.24) is 9.97 Å². The van der Waals surface area contributed by atoms with Crippen LogP contribution in [-0.4, -0.2) is 42.7 Å². The van der Waals surface area contributed by atoms with Crippen LogP contribution in [0.3, 0.4) is 0 Å². The van der Waals surface area contributed by atoms with Gasteiger partial charge in [-0.05, 0) is 6.42 Å². The number of hydrogen-bond donors (Lipinski definition) is 2. The molecule has 1 rings (SSSR count). The quantitative estimate of drug-likeness (QED) is 0.571. The van der Waals surface area contributed by atoms with E-state index in [1.165, 1.54) is 18.0 Å². The summed E-state index contributed by atoms with van der Waals surface area (Å²) in [5.74, 6) is 1.45. The Labute approximate surface area is 112 Å². The zero-order chi connectivity index (χ0) is 13.6. The van der Waals surface area contributed by atoms with Crippen LogP contribution in [0.15, 0.2) is 11.1 Å². The fourth-order valence-electron chi connectivity index (χ4n) is 1.16. The highest BCUT2D eigenvalue weighted by Gasteiger charge is 2.06. The number of aromatic nitrogens is 2. The molecule has 8 heteroatoms. The van der Waals surface area contributed by atoms with Crippen LogP contribution in [0.25, 0.3) is 0 Å². The molecule has 3 N–H and O–H groups in total. The Balaban J connectivity index is 2.62. The Morgan fingerprint density at radius 2 is 2.17 bits per heavy atom. The SMILES string of the molecule is CCCNc1cc(SCCS(C)(=O)=O)nc(N)n1. The van der Waals surface area contributed by atoms with Crippen molar-refractivity contribution in [2.45, 2.75) is 18.4 Å². The lowest BCUT2D eigenvalue weighted by Gasteiger charge is -2.06. The Morgan fingerprint density at radius 3 is 2.78 bits per heavy atom. The van der Waals surface area contributed by atoms with Crippen molar-refractivity contribution in [2.24, 2.45) is 0 Å². The third-order valence-corrected chi connectivity index (χ3v) is 4.10. The van der Waals surface area contributed by atoms with Gasteiger partial charge < -0.3 is 11.1 Å². The van der Waals surface area contributed by atoms with Crippen molar-refractivity contribution in [3.8, 4) is 0 Å². The molecule has 0 aliphatic carbocycles. The zero-order valence-corrected chi connectivity index (χ0v) is 12.1. The van der Waals surface area contributed by atoms with Crippen LogP contribution in [0.2, 0.25) is 0 Å². The number of hydrogen-bond acceptors (Lipinski definition) is 7. The maximum Gasteiger partial charge on any atom is 0.223 e. The van der Waals surface area contributed by atoms with E-state index in [4.69, 9.17) is 5.73 Å². The zero-order valence-electron chi connectivity index (χ0n) is 10.5. The Kier molecular flexibility index (Phi) is 5.67. The highest BCUT2D eigenvalue weighted by atomic mass is 32.2. The molecule has 0 saturated carbocycles. The van der Waals surface area contributed by atoms with Crippen LogP contribution < -0.4 is 11.1 Å². The first-order chi connectivity index (χ1) is 8.40. The van der Waals surface area contributed by atoms with Crippen LogP contribution in [0.4, 0.5) is 11.8 Å². The van der Waals surface area contributed by atoms with Gasteiger partial charge in [-0.25, -0.2) is 13.4 Å². The van der Waals surface area contributed by atoms with Crippen LogP contribution in [0.1, 0.15) is 13.3 Å². The van der Waals surface area contributed by atoms with Crippen molar-refractivity contribution in [1.29, 1.82) is 0 Å². The van der Waals surface area contributed by atoms with E-state index in [0.717, 1.165) is 13.0 Å². The summed E-state index contributed by atoms with van der Waals surface area (Å²) >= 11 is 1.36. The molecule has 0 bridgehead atoms. The van der Waals surface area contributed by atoms with E-state index in [2.05, 4.69) is 22.2 Å². The van der Waals surface area contributed by atoms with Crippen molar-refractivity contribution >= 4 is 33.4 Å². The fraction of sp³-hybridized carbons (Fsp3) is 0.600. The molecule has 1 aromatic rings. The maximum absolute atomic E-state index is 11.0. The molecule has 0 spiro atoms. The molecule has 0 unspecified atom stereocenters.